The number of carbonyl (C=O) groups is 1. The molecule has 0 bridgehead atoms. The summed E-state index contributed by atoms with van der Waals surface area (Å²) in [5, 5.41) is 1.74. The number of hydrazine groups is 1. The molecule has 0 unspecified atom stereocenters. The molecule has 0 aliphatic carbocycles. The molecule has 0 atom stereocenters. The summed E-state index contributed by atoms with van der Waals surface area (Å²) in [5.74, 6) is 0.00986. The molecule has 1 aliphatic rings. The lowest BCUT2D eigenvalue weighted by Gasteiger charge is -2.17. The standard InChI is InChI=1S/C10H11FN2O/c11-7-8-2-1-3-9(6-8)13-5-4-10(14)12-13/h1-3,6H,4-5,7H2,(H,12,14). The average molecular weight is 194 g/mol. The van der Waals surface area contributed by atoms with Crippen LogP contribution in [0, 0.1) is 0 Å². The van der Waals surface area contributed by atoms with Crippen molar-refractivity contribution in [2.75, 3.05) is 11.6 Å². The van der Waals surface area contributed by atoms with Crippen molar-refractivity contribution < 1.29 is 9.18 Å². The van der Waals surface area contributed by atoms with Gasteiger partial charge in [-0.1, -0.05) is 12.1 Å². The monoisotopic (exact) mass is 194 g/mol. The Hall–Kier alpha value is -1.58. The van der Waals surface area contributed by atoms with Gasteiger partial charge < -0.3 is 0 Å². The number of amides is 1. The summed E-state index contributed by atoms with van der Waals surface area (Å²) in [6, 6.07) is 7.10. The zero-order valence-corrected chi connectivity index (χ0v) is 7.66. The Balaban J connectivity index is 2.19. The highest BCUT2D eigenvalue weighted by molar-refractivity contribution is 5.81. The van der Waals surface area contributed by atoms with E-state index in [1.165, 1.54) is 0 Å². The number of halogens is 1. The van der Waals surface area contributed by atoms with E-state index >= 15 is 0 Å². The SMILES string of the molecule is O=C1CCN(c2cccc(CF)c2)N1. The minimum Gasteiger partial charge on any atom is -0.285 e. The lowest BCUT2D eigenvalue weighted by molar-refractivity contribution is -0.119. The normalized spacial score (nSPS) is 15.8. The number of nitrogens with zero attached hydrogens (tertiary/aromatic N) is 1. The Bertz CT molecular complexity index is 354. The van der Waals surface area contributed by atoms with Gasteiger partial charge in [-0.15, -0.1) is 0 Å². The summed E-state index contributed by atoms with van der Waals surface area (Å²) in [6.45, 7) is 0.171. The molecule has 0 saturated carbocycles. The maximum atomic E-state index is 12.4. The van der Waals surface area contributed by atoms with Crippen LogP contribution in [0.4, 0.5) is 10.1 Å². The molecular formula is C10H11FN2O. The number of alkyl halides is 1. The number of nitrogens with one attached hydrogen (secondary N) is 1. The van der Waals surface area contributed by atoms with Gasteiger partial charge in [0.2, 0.25) is 5.91 Å². The van der Waals surface area contributed by atoms with Crippen molar-refractivity contribution in [2.24, 2.45) is 0 Å². The molecule has 1 fully saturated rings. The van der Waals surface area contributed by atoms with E-state index in [-0.39, 0.29) is 5.91 Å². The summed E-state index contributed by atoms with van der Waals surface area (Å²) in [6.07, 6.45) is 0.500. The van der Waals surface area contributed by atoms with Gasteiger partial charge in [0.25, 0.3) is 0 Å². The molecule has 0 aromatic heterocycles. The Kier molecular flexibility index (Phi) is 2.35. The molecule has 1 aliphatic heterocycles. The van der Waals surface area contributed by atoms with Crippen LogP contribution in [0.2, 0.25) is 0 Å². The van der Waals surface area contributed by atoms with E-state index in [1.54, 1.807) is 23.2 Å². The smallest absolute Gasteiger partial charge is 0.240 e. The quantitative estimate of drug-likeness (QED) is 0.771. The lowest BCUT2D eigenvalue weighted by Crippen LogP contribution is -2.32. The molecule has 1 aromatic carbocycles. The van der Waals surface area contributed by atoms with Gasteiger partial charge in [0.15, 0.2) is 0 Å². The van der Waals surface area contributed by atoms with E-state index in [0.717, 1.165) is 5.69 Å². The molecule has 0 spiro atoms. The van der Waals surface area contributed by atoms with Crippen molar-refractivity contribution in [3.8, 4) is 0 Å². The summed E-state index contributed by atoms with van der Waals surface area (Å²) in [4.78, 5) is 11.0. The molecule has 3 nitrogen and oxygen atoms in total. The van der Waals surface area contributed by atoms with E-state index in [2.05, 4.69) is 5.43 Å². The van der Waals surface area contributed by atoms with E-state index in [4.69, 9.17) is 0 Å². The molecule has 1 saturated heterocycles. The number of rotatable bonds is 2. The van der Waals surface area contributed by atoms with Crippen LogP contribution in [0.15, 0.2) is 24.3 Å². The molecule has 0 radical (unpaired) electrons. The van der Waals surface area contributed by atoms with Crippen LogP contribution < -0.4 is 10.4 Å². The predicted molar refractivity (Wildman–Crippen MR) is 51.4 cm³/mol. The minimum absolute atomic E-state index is 0.00986. The number of anilines is 1. The van der Waals surface area contributed by atoms with Crippen molar-refractivity contribution in [3.63, 3.8) is 0 Å². The van der Waals surface area contributed by atoms with Gasteiger partial charge in [0.1, 0.15) is 6.67 Å². The summed E-state index contributed by atoms with van der Waals surface area (Å²) in [5.41, 5.74) is 4.16. The zero-order valence-electron chi connectivity index (χ0n) is 7.66. The van der Waals surface area contributed by atoms with Gasteiger partial charge >= 0.3 is 0 Å². The predicted octanol–water partition coefficient (Wildman–Crippen LogP) is 1.40. The highest BCUT2D eigenvalue weighted by atomic mass is 19.1. The van der Waals surface area contributed by atoms with Gasteiger partial charge in [-0.3, -0.25) is 15.2 Å². The third-order valence-electron chi connectivity index (χ3n) is 2.20. The van der Waals surface area contributed by atoms with E-state index in [9.17, 15) is 9.18 Å². The fourth-order valence-electron chi connectivity index (χ4n) is 1.48. The van der Waals surface area contributed by atoms with Crippen molar-refractivity contribution in [1.82, 2.24) is 5.43 Å². The van der Waals surface area contributed by atoms with Crippen LogP contribution in [0.5, 0.6) is 0 Å². The number of hydrogen-bond donors (Lipinski definition) is 1. The maximum Gasteiger partial charge on any atom is 0.240 e. The van der Waals surface area contributed by atoms with E-state index in [1.807, 2.05) is 6.07 Å². The first-order valence-corrected chi connectivity index (χ1v) is 4.51. The number of benzene rings is 1. The Morgan fingerprint density at radius 2 is 2.36 bits per heavy atom. The average Bonchev–Trinajstić information content (AvgIpc) is 2.65. The first-order valence-electron chi connectivity index (χ1n) is 4.51. The zero-order chi connectivity index (χ0) is 9.97. The van der Waals surface area contributed by atoms with Crippen LogP contribution in [0.3, 0.4) is 0 Å². The minimum atomic E-state index is -0.477. The van der Waals surface area contributed by atoms with Crippen molar-refractivity contribution in [2.45, 2.75) is 13.1 Å². The molecule has 14 heavy (non-hydrogen) atoms. The van der Waals surface area contributed by atoms with Gasteiger partial charge in [0, 0.05) is 13.0 Å². The van der Waals surface area contributed by atoms with Crippen LogP contribution in [-0.2, 0) is 11.5 Å². The van der Waals surface area contributed by atoms with Gasteiger partial charge in [0.05, 0.1) is 5.69 Å². The largest absolute Gasteiger partial charge is 0.285 e. The number of carbonyl (C=O) groups excluding carboxylic acids is 1. The van der Waals surface area contributed by atoms with Crippen molar-refractivity contribution in [3.05, 3.63) is 29.8 Å². The first kappa shape index (κ1) is 8.99. The molecule has 1 amide bonds. The number of hydrogen-bond acceptors (Lipinski definition) is 2. The fraction of sp³-hybridized carbons (Fsp3) is 0.300. The topological polar surface area (TPSA) is 32.3 Å². The molecule has 1 heterocycles. The van der Waals surface area contributed by atoms with Crippen LogP contribution in [-0.4, -0.2) is 12.5 Å². The molecule has 74 valence electrons. The Morgan fingerprint density at radius 3 is 3.00 bits per heavy atom. The molecule has 2 rings (SSSR count). The molecule has 1 N–H and O–H groups in total. The third kappa shape index (κ3) is 1.69. The third-order valence-corrected chi connectivity index (χ3v) is 2.20. The van der Waals surface area contributed by atoms with E-state index < -0.39 is 6.67 Å². The van der Waals surface area contributed by atoms with Gasteiger partial charge in [-0.25, -0.2) is 4.39 Å². The highest BCUT2D eigenvalue weighted by Crippen LogP contribution is 2.17. The first-order chi connectivity index (χ1) is 6.79. The van der Waals surface area contributed by atoms with E-state index in [0.29, 0.717) is 18.5 Å². The van der Waals surface area contributed by atoms with Crippen LogP contribution >= 0.6 is 0 Å². The van der Waals surface area contributed by atoms with Gasteiger partial charge in [-0.05, 0) is 17.7 Å². The van der Waals surface area contributed by atoms with Crippen LogP contribution in [0.25, 0.3) is 0 Å². The highest BCUT2D eigenvalue weighted by Gasteiger charge is 2.18. The molecule has 4 heteroatoms. The molecular weight excluding hydrogens is 183 g/mol. The second kappa shape index (κ2) is 3.65. The van der Waals surface area contributed by atoms with Gasteiger partial charge in [-0.2, -0.15) is 0 Å². The Morgan fingerprint density at radius 1 is 1.50 bits per heavy atom. The van der Waals surface area contributed by atoms with Crippen molar-refractivity contribution >= 4 is 11.6 Å². The molecule has 1 aromatic rings. The Labute approximate surface area is 81.5 Å². The lowest BCUT2D eigenvalue weighted by atomic mass is 10.2. The second-order valence-corrected chi connectivity index (χ2v) is 3.24. The van der Waals surface area contributed by atoms with Crippen molar-refractivity contribution in [1.29, 1.82) is 0 Å². The second-order valence-electron chi connectivity index (χ2n) is 3.24. The maximum absolute atomic E-state index is 12.4. The summed E-state index contributed by atoms with van der Waals surface area (Å²) >= 11 is 0. The van der Waals surface area contributed by atoms with Crippen LogP contribution in [0.1, 0.15) is 12.0 Å². The summed E-state index contributed by atoms with van der Waals surface area (Å²) in [7, 11) is 0. The fourth-order valence-corrected chi connectivity index (χ4v) is 1.48. The summed E-state index contributed by atoms with van der Waals surface area (Å²) < 4.78 is 12.4.